The molecule has 0 saturated heterocycles. The van der Waals surface area contributed by atoms with Crippen molar-refractivity contribution in [3.63, 3.8) is 0 Å². The third-order valence-corrected chi connectivity index (χ3v) is 3.40. The molecule has 0 atom stereocenters. The van der Waals surface area contributed by atoms with E-state index in [0.717, 1.165) is 11.1 Å². The van der Waals surface area contributed by atoms with E-state index in [9.17, 15) is 9.59 Å². The Hall–Kier alpha value is -2.62. The van der Waals surface area contributed by atoms with Crippen molar-refractivity contribution in [1.29, 1.82) is 0 Å². The number of carbonyl (C=O) groups is 2. The molecule has 2 amide bonds. The minimum Gasteiger partial charge on any atom is -0.370 e. The fourth-order valence-corrected chi connectivity index (χ4v) is 2.31. The summed E-state index contributed by atoms with van der Waals surface area (Å²) < 4.78 is 0. The largest absolute Gasteiger partial charge is 0.370 e. The van der Waals surface area contributed by atoms with E-state index in [2.05, 4.69) is 5.32 Å². The van der Waals surface area contributed by atoms with Gasteiger partial charge in [0.25, 0.3) is 0 Å². The van der Waals surface area contributed by atoms with Gasteiger partial charge in [0.2, 0.25) is 11.8 Å². The topological polar surface area (TPSA) is 72.2 Å². The molecule has 0 bridgehead atoms. The van der Waals surface area contributed by atoms with Gasteiger partial charge in [0.15, 0.2) is 0 Å². The third kappa shape index (κ3) is 4.74. The number of nitrogens with two attached hydrogens (primary N) is 1. The minimum absolute atomic E-state index is 0.0843. The first-order valence-electron chi connectivity index (χ1n) is 7.34. The Balaban J connectivity index is 2.09. The Morgan fingerprint density at radius 3 is 1.82 bits per heavy atom. The van der Waals surface area contributed by atoms with E-state index in [-0.39, 0.29) is 24.3 Å². The standard InChI is InChI=1S/C18H20N2O2/c19-16(21)12-7-13-17(22)20-18(14-8-3-1-4-9-14)15-10-5-2-6-11-15/h1-6,8-11,18H,7,12-13H2,(H2,19,21)(H,20,22). The van der Waals surface area contributed by atoms with Crippen LogP contribution in [0.25, 0.3) is 0 Å². The highest BCUT2D eigenvalue weighted by Gasteiger charge is 2.16. The zero-order chi connectivity index (χ0) is 15.8. The summed E-state index contributed by atoms with van der Waals surface area (Å²) in [7, 11) is 0. The van der Waals surface area contributed by atoms with Gasteiger partial charge in [0, 0.05) is 12.8 Å². The SMILES string of the molecule is NC(=O)CCCC(=O)NC(c1ccccc1)c1ccccc1. The van der Waals surface area contributed by atoms with Crippen LogP contribution < -0.4 is 11.1 Å². The molecule has 2 aromatic carbocycles. The van der Waals surface area contributed by atoms with Gasteiger partial charge in [-0.05, 0) is 17.5 Å². The van der Waals surface area contributed by atoms with E-state index in [1.807, 2.05) is 60.7 Å². The highest BCUT2D eigenvalue weighted by atomic mass is 16.2. The highest BCUT2D eigenvalue weighted by Crippen LogP contribution is 2.21. The normalized spacial score (nSPS) is 10.4. The molecule has 0 unspecified atom stereocenters. The molecule has 2 aromatic rings. The third-order valence-electron chi connectivity index (χ3n) is 3.40. The van der Waals surface area contributed by atoms with Crippen molar-refractivity contribution < 1.29 is 9.59 Å². The molecule has 0 aliphatic carbocycles. The first kappa shape index (κ1) is 15.8. The molecule has 0 heterocycles. The maximum absolute atomic E-state index is 12.1. The molecule has 4 nitrogen and oxygen atoms in total. The number of hydrogen-bond donors (Lipinski definition) is 2. The molecule has 22 heavy (non-hydrogen) atoms. The monoisotopic (exact) mass is 296 g/mol. The molecule has 0 spiro atoms. The van der Waals surface area contributed by atoms with Crippen molar-refractivity contribution in [3.05, 3.63) is 71.8 Å². The molecule has 2 rings (SSSR count). The highest BCUT2D eigenvalue weighted by molar-refractivity contribution is 5.78. The van der Waals surface area contributed by atoms with Crippen LogP contribution in [0.5, 0.6) is 0 Å². The van der Waals surface area contributed by atoms with E-state index in [4.69, 9.17) is 5.73 Å². The summed E-state index contributed by atoms with van der Waals surface area (Å²) >= 11 is 0. The lowest BCUT2D eigenvalue weighted by Crippen LogP contribution is -2.29. The van der Waals surface area contributed by atoms with E-state index in [1.165, 1.54) is 0 Å². The van der Waals surface area contributed by atoms with Crippen LogP contribution in [0.3, 0.4) is 0 Å². The fourth-order valence-electron chi connectivity index (χ4n) is 2.31. The molecule has 0 fully saturated rings. The van der Waals surface area contributed by atoms with Crippen LogP contribution in [0.2, 0.25) is 0 Å². The van der Waals surface area contributed by atoms with Gasteiger partial charge in [-0.15, -0.1) is 0 Å². The van der Waals surface area contributed by atoms with Gasteiger partial charge in [0.1, 0.15) is 0 Å². The Bertz CT molecular complexity index is 572. The van der Waals surface area contributed by atoms with Crippen LogP contribution in [-0.4, -0.2) is 11.8 Å². The van der Waals surface area contributed by atoms with Gasteiger partial charge in [0.05, 0.1) is 6.04 Å². The lowest BCUT2D eigenvalue weighted by Gasteiger charge is -2.20. The second kappa shape index (κ2) is 7.98. The minimum atomic E-state index is -0.379. The Kier molecular flexibility index (Phi) is 5.72. The van der Waals surface area contributed by atoms with E-state index >= 15 is 0 Å². The Labute approximate surface area is 130 Å². The molecule has 114 valence electrons. The number of carbonyl (C=O) groups excluding carboxylic acids is 2. The van der Waals surface area contributed by atoms with Crippen molar-refractivity contribution in [2.45, 2.75) is 25.3 Å². The summed E-state index contributed by atoms with van der Waals surface area (Å²) in [5.74, 6) is -0.463. The lowest BCUT2D eigenvalue weighted by molar-refractivity contribution is -0.122. The molecule has 0 radical (unpaired) electrons. The van der Waals surface area contributed by atoms with Gasteiger partial charge >= 0.3 is 0 Å². The van der Waals surface area contributed by atoms with Gasteiger partial charge < -0.3 is 11.1 Å². The van der Waals surface area contributed by atoms with Gasteiger partial charge in [-0.2, -0.15) is 0 Å². The predicted molar refractivity (Wildman–Crippen MR) is 85.9 cm³/mol. The Morgan fingerprint density at radius 1 is 0.864 bits per heavy atom. The molecular formula is C18H20N2O2. The molecule has 4 heteroatoms. The van der Waals surface area contributed by atoms with Crippen molar-refractivity contribution in [1.82, 2.24) is 5.32 Å². The van der Waals surface area contributed by atoms with Crippen LogP contribution in [0.4, 0.5) is 0 Å². The zero-order valence-electron chi connectivity index (χ0n) is 12.4. The van der Waals surface area contributed by atoms with Gasteiger partial charge in [-0.3, -0.25) is 9.59 Å². The quantitative estimate of drug-likeness (QED) is 0.824. The van der Waals surface area contributed by atoms with Crippen LogP contribution in [0, 0.1) is 0 Å². The first-order valence-corrected chi connectivity index (χ1v) is 7.34. The second-order valence-electron chi connectivity index (χ2n) is 5.14. The smallest absolute Gasteiger partial charge is 0.220 e. The average molecular weight is 296 g/mol. The van der Waals surface area contributed by atoms with Crippen LogP contribution in [0.15, 0.2) is 60.7 Å². The predicted octanol–water partition coefficient (Wildman–Crippen LogP) is 2.55. The van der Waals surface area contributed by atoms with E-state index in [1.54, 1.807) is 0 Å². The molecular weight excluding hydrogens is 276 g/mol. The molecule has 0 aliphatic heterocycles. The average Bonchev–Trinajstić information content (AvgIpc) is 2.54. The van der Waals surface area contributed by atoms with E-state index in [0.29, 0.717) is 12.8 Å². The number of primary amides is 1. The molecule has 0 aromatic heterocycles. The molecule has 0 aliphatic rings. The van der Waals surface area contributed by atoms with Gasteiger partial charge in [-0.25, -0.2) is 0 Å². The number of rotatable bonds is 7. The second-order valence-corrected chi connectivity index (χ2v) is 5.14. The number of nitrogens with one attached hydrogen (secondary N) is 1. The number of hydrogen-bond acceptors (Lipinski definition) is 2. The number of amides is 2. The van der Waals surface area contributed by atoms with E-state index < -0.39 is 0 Å². The summed E-state index contributed by atoms with van der Waals surface area (Å²) in [6.07, 6.45) is 0.991. The van der Waals surface area contributed by atoms with Crippen molar-refractivity contribution in [2.24, 2.45) is 5.73 Å². The maximum Gasteiger partial charge on any atom is 0.220 e. The zero-order valence-corrected chi connectivity index (χ0v) is 12.4. The summed E-state index contributed by atoms with van der Waals surface area (Å²) in [5, 5.41) is 3.03. The van der Waals surface area contributed by atoms with Crippen LogP contribution >= 0.6 is 0 Å². The summed E-state index contributed by atoms with van der Waals surface area (Å²) in [6.45, 7) is 0. The maximum atomic E-state index is 12.1. The molecule has 0 saturated carbocycles. The summed E-state index contributed by atoms with van der Waals surface area (Å²) in [5.41, 5.74) is 7.14. The van der Waals surface area contributed by atoms with Crippen molar-refractivity contribution >= 4 is 11.8 Å². The van der Waals surface area contributed by atoms with Crippen LogP contribution in [0.1, 0.15) is 36.4 Å². The van der Waals surface area contributed by atoms with Crippen molar-refractivity contribution in [2.75, 3.05) is 0 Å². The van der Waals surface area contributed by atoms with Crippen LogP contribution in [-0.2, 0) is 9.59 Å². The van der Waals surface area contributed by atoms with Gasteiger partial charge in [-0.1, -0.05) is 60.7 Å². The first-order chi connectivity index (χ1) is 10.7. The lowest BCUT2D eigenvalue weighted by atomic mass is 9.98. The van der Waals surface area contributed by atoms with Crippen molar-refractivity contribution in [3.8, 4) is 0 Å². The fraction of sp³-hybridized carbons (Fsp3) is 0.222. The summed E-state index contributed by atoms with van der Waals surface area (Å²) in [4.78, 5) is 22.9. The number of benzene rings is 2. The molecule has 3 N–H and O–H groups in total. The summed E-state index contributed by atoms with van der Waals surface area (Å²) in [6, 6.07) is 19.4. The Morgan fingerprint density at radius 2 is 1.36 bits per heavy atom.